The molecule has 20 heavy (non-hydrogen) atoms. The summed E-state index contributed by atoms with van der Waals surface area (Å²) in [6.45, 7) is 7.41. The SMILES string of the molecule is C=Cc1c(N)nc(-c2cc(C)ccc2C)nc1C(=O)O. The highest BCUT2D eigenvalue weighted by molar-refractivity contribution is 5.92. The van der Waals surface area contributed by atoms with Gasteiger partial charge in [-0.15, -0.1) is 0 Å². The van der Waals surface area contributed by atoms with Gasteiger partial charge in [-0.3, -0.25) is 0 Å². The summed E-state index contributed by atoms with van der Waals surface area (Å²) >= 11 is 0. The summed E-state index contributed by atoms with van der Waals surface area (Å²) < 4.78 is 0. The van der Waals surface area contributed by atoms with E-state index in [0.717, 1.165) is 16.7 Å². The third-order valence-corrected chi connectivity index (χ3v) is 3.02. The van der Waals surface area contributed by atoms with Crippen LogP contribution in [-0.4, -0.2) is 21.0 Å². The molecule has 0 saturated carbocycles. The molecule has 1 aromatic heterocycles. The minimum Gasteiger partial charge on any atom is -0.476 e. The molecular weight excluding hydrogens is 254 g/mol. The van der Waals surface area contributed by atoms with E-state index in [1.165, 1.54) is 6.08 Å². The second-order valence-electron chi connectivity index (χ2n) is 4.52. The number of rotatable bonds is 3. The number of hydrogen-bond acceptors (Lipinski definition) is 4. The Kier molecular flexibility index (Phi) is 3.52. The van der Waals surface area contributed by atoms with Gasteiger partial charge in [-0.25, -0.2) is 14.8 Å². The first kappa shape index (κ1) is 13.7. The zero-order valence-electron chi connectivity index (χ0n) is 11.3. The van der Waals surface area contributed by atoms with Crippen LogP contribution in [0.3, 0.4) is 0 Å². The predicted octanol–water partition coefficient (Wildman–Crippen LogP) is 2.68. The van der Waals surface area contributed by atoms with E-state index in [0.29, 0.717) is 5.82 Å². The van der Waals surface area contributed by atoms with Crippen molar-refractivity contribution in [3.05, 3.63) is 47.2 Å². The molecule has 0 saturated heterocycles. The molecule has 0 fully saturated rings. The van der Waals surface area contributed by atoms with Crippen molar-refractivity contribution in [2.24, 2.45) is 0 Å². The van der Waals surface area contributed by atoms with Crippen LogP contribution in [0, 0.1) is 13.8 Å². The normalized spacial score (nSPS) is 10.3. The maximum atomic E-state index is 11.3. The standard InChI is InChI=1S/C15H15N3O2/c1-4-10-12(15(19)20)17-14(18-13(10)16)11-7-8(2)5-6-9(11)3/h4-7H,1H2,2-3H3,(H,19,20)(H2,16,17,18). The Bertz CT molecular complexity index is 709. The van der Waals surface area contributed by atoms with Gasteiger partial charge in [-0.1, -0.05) is 30.4 Å². The largest absolute Gasteiger partial charge is 0.476 e. The Morgan fingerprint density at radius 2 is 2.05 bits per heavy atom. The van der Waals surface area contributed by atoms with Crippen molar-refractivity contribution in [2.45, 2.75) is 13.8 Å². The Morgan fingerprint density at radius 1 is 1.35 bits per heavy atom. The molecular formula is C15H15N3O2. The molecule has 0 aliphatic heterocycles. The third kappa shape index (κ3) is 2.38. The van der Waals surface area contributed by atoms with Crippen LogP contribution in [0.2, 0.25) is 0 Å². The summed E-state index contributed by atoms with van der Waals surface area (Å²) in [4.78, 5) is 19.6. The molecule has 5 heteroatoms. The summed E-state index contributed by atoms with van der Waals surface area (Å²) in [6, 6.07) is 5.81. The van der Waals surface area contributed by atoms with Crippen LogP contribution >= 0.6 is 0 Å². The maximum Gasteiger partial charge on any atom is 0.355 e. The highest BCUT2D eigenvalue weighted by atomic mass is 16.4. The minimum absolute atomic E-state index is 0.114. The number of nitrogens with two attached hydrogens (primary N) is 1. The molecule has 0 radical (unpaired) electrons. The molecule has 2 rings (SSSR count). The Labute approximate surface area is 116 Å². The van der Waals surface area contributed by atoms with E-state index in [-0.39, 0.29) is 17.1 Å². The molecule has 0 aliphatic rings. The lowest BCUT2D eigenvalue weighted by Crippen LogP contribution is -2.10. The number of aromatic carboxylic acids is 1. The van der Waals surface area contributed by atoms with Gasteiger partial charge < -0.3 is 10.8 Å². The average Bonchev–Trinajstić information content (AvgIpc) is 2.40. The molecule has 0 spiro atoms. The van der Waals surface area contributed by atoms with Gasteiger partial charge in [0.1, 0.15) is 5.82 Å². The summed E-state index contributed by atoms with van der Waals surface area (Å²) in [5.41, 5.74) is 8.69. The van der Waals surface area contributed by atoms with Gasteiger partial charge in [0.15, 0.2) is 11.5 Å². The summed E-state index contributed by atoms with van der Waals surface area (Å²) in [7, 11) is 0. The van der Waals surface area contributed by atoms with Gasteiger partial charge in [0.25, 0.3) is 0 Å². The van der Waals surface area contributed by atoms with Gasteiger partial charge in [0.2, 0.25) is 0 Å². The van der Waals surface area contributed by atoms with Crippen molar-refractivity contribution < 1.29 is 9.90 Å². The number of aromatic nitrogens is 2. The lowest BCUT2D eigenvalue weighted by molar-refractivity contribution is 0.0690. The number of hydrogen-bond donors (Lipinski definition) is 2. The topological polar surface area (TPSA) is 89.1 Å². The highest BCUT2D eigenvalue weighted by Crippen LogP contribution is 2.25. The second-order valence-corrected chi connectivity index (χ2v) is 4.52. The second kappa shape index (κ2) is 5.13. The van der Waals surface area contributed by atoms with Crippen LogP contribution < -0.4 is 5.73 Å². The molecule has 3 N–H and O–H groups in total. The van der Waals surface area contributed by atoms with Gasteiger partial charge in [-0.2, -0.15) is 0 Å². The fourth-order valence-electron chi connectivity index (χ4n) is 1.95. The van der Waals surface area contributed by atoms with Crippen molar-refractivity contribution in [3.8, 4) is 11.4 Å². The first-order valence-electron chi connectivity index (χ1n) is 6.05. The fourth-order valence-corrected chi connectivity index (χ4v) is 1.95. The van der Waals surface area contributed by atoms with Crippen LogP contribution in [-0.2, 0) is 0 Å². The number of carboxylic acid groups (broad SMARTS) is 1. The smallest absolute Gasteiger partial charge is 0.355 e. The molecule has 102 valence electrons. The van der Waals surface area contributed by atoms with E-state index in [2.05, 4.69) is 16.5 Å². The molecule has 0 unspecified atom stereocenters. The van der Waals surface area contributed by atoms with Crippen LogP contribution in [0.4, 0.5) is 5.82 Å². The van der Waals surface area contributed by atoms with Crippen LogP contribution in [0.1, 0.15) is 27.2 Å². The first-order chi connectivity index (χ1) is 9.43. The van der Waals surface area contributed by atoms with Crippen molar-refractivity contribution in [1.29, 1.82) is 0 Å². The van der Waals surface area contributed by atoms with Gasteiger partial charge >= 0.3 is 5.97 Å². The number of nitrogen functional groups attached to an aromatic ring is 1. The minimum atomic E-state index is -1.15. The van der Waals surface area contributed by atoms with E-state index in [1.54, 1.807) is 0 Å². The van der Waals surface area contributed by atoms with Gasteiger partial charge in [0, 0.05) is 11.1 Å². The van der Waals surface area contributed by atoms with E-state index >= 15 is 0 Å². The van der Waals surface area contributed by atoms with Crippen LogP contribution in [0.25, 0.3) is 17.5 Å². The van der Waals surface area contributed by atoms with Crippen LogP contribution in [0.5, 0.6) is 0 Å². The van der Waals surface area contributed by atoms with Crippen LogP contribution in [0.15, 0.2) is 24.8 Å². The monoisotopic (exact) mass is 269 g/mol. The van der Waals surface area contributed by atoms with Crippen molar-refractivity contribution in [2.75, 3.05) is 5.73 Å². The van der Waals surface area contributed by atoms with E-state index in [9.17, 15) is 9.90 Å². The lowest BCUT2D eigenvalue weighted by Gasteiger charge is -2.10. The molecule has 0 atom stereocenters. The molecule has 1 aromatic carbocycles. The maximum absolute atomic E-state index is 11.3. The Hall–Kier alpha value is -2.69. The van der Waals surface area contributed by atoms with Crippen molar-refractivity contribution >= 4 is 17.9 Å². The quantitative estimate of drug-likeness (QED) is 0.894. The zero-order valence-corrected chi connectivity index (χ0v) is 11.3. The number of anilines is 1. The van der Waals surface area contributed by atoms with Crippen molar-refractivity contribution in [3.63, 3.8) is 0 Å². The molecule has 0 aliphatic carbocycles. The number of aryl methyl sites for hydroxylation is 2. The molecule has 2 aromatic rings. The third-order valence-electron chi connectivity index (χ3n) is 3.02. The summed E-state index contributed by atoms with van der Waals surface area (Å²) in [6.07, 6.45) is 1.35. The average molecular weight is 269 g/mol. The fraction of sp³-hybridized carbons (Fsp3) is 0.133. The predicted molar refractivity (Wildman–Crippen MR) is 78.4 cm³/mol. The summed E-state index contributed by atoms with van der Waals surface area (Å²) in [5.74, 6) is -0.726. The number of carbonyl (C=O) groups is 1. The van der Waals surface area contributed by atoms with Gasteiger partial charge in [0.05, 0.1) is 0 Å². The highest BCUT2D eigenvalue weighted by Gasteiger charge is 2.17. The Morgan fingerprint density at radius 3 is 2.65 bits per heavy atom. The first-order valence-corrected chi connectivity index (χ1v) is 6.05. The van der Waals surface area contributed by atoms with Gasteiger partial charge in [-0.05, 0) is 25.5 Å². The molecule has 5 nitrogen and oxygen atoms in total. The molecule has 1 heterocycles. The number of carboxylic acids is 1. The van der Waals surface area contributed by atoms with E-state index in [4.69, 9.17) is 5.73 Å². The number of nitrogens with zero attached hydrogens (tertiary/aromatic N) is 2. The summed E-state index contributed by atoms with van der Waals surface area (Å²) in [5, 5.41) is 9.22. The number of benzene rings is 1. The zero-order chi connectivity index (χ0) is 14.9. The van der Waals surface area contributed by atoms with Crippen molar-refractivity contribution in [1.82, 2.24) is 9.97 Å². The molecule has 0 amide bonds. The van der Waals surface area contributed by atoms with E-state index < -0.39 is 5.97 Å². The Balaban J connectivity index is 2.73. The lowest BCUT2D eigenvalue weighted by atomic mass is 10.0. The van der Waals surface area contributed by atoms with E-state index in [1.807, 2.05) is 32.0 Å². The molecule has 0 bridgehead atoms.